The molecule has 0 bridgehead atoms. The molecule has 2 heteroatoms. The number of hydrogen-bond donors (Lipinski definition) is 2. The van der Waals surface area contributed by atoms with Crippen molar-refractivity contribution < 1.29 is 10.2 Å². The van der Waals surface area contributed by atoms with Crippen molar-refractivity contribution >= 4 is 0 Å². The Kier molecular flexibility index (Phi) is 5.99. The molecule has 0 saturated carbocycles. The highest BCUT2D eigenvalue weighted by Crippen LogP contribution is 2.34. The van der Waals surface area contributed by atoms with Gasteiger partial charge in [0.2, 0.25) is 0 Å². The summed E-state index contributed by atoms with van der Waals surface area (Å²) in [5, 5.41) is 20.7. The van der Waals surface area contributed by atoms with E-state index in [0.29, 0.717) is 6.42 Å². The number of hydrogen-bond acceptors (Lipinski definition) is 2. The van der Waals surface area contributed by atoms with E-state index in [0.717, 1.165) is 0 Å². The lowest BCUT2D eigenvalue weighted by Gasteiger charge is -2.39. The fourth-order valence-corrected chi connectivity index (χ4v) is 2.43. The Morgan fingerprint density at radius 1 is 0.875 bits per heavy atom. The molecule has 0 amide bonds. The Bertz CT molecular complexity index is 189. The second-order valence-electron chi connectivity index (χ2n) is 6.22. The minimum absolute atomic E-state index is 0.134. The number of rotatable bonds is 6. The van der Waals surface area contributed by atoms with Gasteiger partial charge in [0.15, 0.2) is 0 Å². The van der Waals surface area contributed by atoms with Crippen molar-refractivity contribution in [3.05, 3.63) is 0 Å². The molecule has 0 spiro atoms. The second-order valence-corrected chi connectivity index (χ2v) is 6.22. The summed E-state index contributed by atoms with van der Waals surface area (Å²) >= 11 is 0. The van der Waals surface area contributed by atoms with Gasteiger partial charge in [-0.3, -0.25) is 0 Å². The smallest absolute Gasteiger partial charge is 0.0696 e. The van der Waals surface area contributed by atoms with Crippen molar-refractivity contribution in [2.45, 2.75) is 66.6 Å². The lowest BCUT2D eigenvalue weighted by atomic mass is 9.73. The Morgan fingerprint density at radius 3 is 1.50 bits per heavy atom. The van der Waals surface area contributed by atoms with E-state index in [-0.39, 0.29) is 29.8 Å². The monoisotopic (exact) mass is 230 g/mol. The van der Waals surface area contributed by atoms with Crippen molar-refractivity contribution in [2.24, 2.45) is 23.7 Å². The highest BCUT2D eigenvalue weighted by atomic mass is 16.3. The largest absolute Gasteiger partial charge is 0.393 e. The second kappa shape index (κ2) is 6.02. The molecule has 0 fully saturated rings. The van der Waals surface area contributed by atoms with Gasteiger partial charge in [-0.05, 0) is 30.1 Å². The lowest BCUT2D eigenvalue weighted by molar-refractivity contribution is -0.0810. The normalized spacial score (nSPS) is 17.2. The Labute approximate surface area is 101 Å². The van der Waals surface area contributed by atoms with Gasteiger partial charge >= 0.3 is 0 Å². The lowest BCUT2D eigenvalue weighted by Crippen LogP contribution is -2.44. The van der Waals surface area contributed by atoms with Crippen LogP contribution in [0, 0.1) is 23.7 Å². The van der Waals surface area contributed by atoms with Crippen molar-refractivity contribution in [3.8, 4) is 0 Å². The summed E-state index contributed by atoms with van der Waals surface area (Å²) in [5.74, 6) is 0.817. The molecule has 2 nitrogen and oxygen atoms in total. The topological polar surface area (TPSA) is 40.5 Å². The quantitative estimate of drug-likeness (QED) is 0.736. The third kappa shape index (κ3) is 3.74. The van der Waals surface area contributed by atoms with Gasteiger partial charge in [0.05, 0.1) is 11.7 Å². The Morgan fingerprint density at radius 2 is 1.25 bits per heavy atom. The molecule has 0 aromatic heterocycles. The molecule has 0 aliphatic carbocycles. The van der Waals surface area contributed by atoms with E-state index in [2.05, 4.69) is 27.7 Å². The van der Waals surface area contributed by atoms with Gasteiger partial charge in [-0.15, -0.1) is 0 Å². The van der Waals surface area contributed by atoms with E-state index in [9.17, 15) is 10.2 Å². The van der Waals surface area contributed by atoms with Crippen LogP contribution >= 0.6 is 0 Å². The van der Waals surface area contributed by atoms with Crippen LogP contribution in [0.3, 0.4) is 0 Å². The molecule has 0 radical (unpaired) electrons. The van der Waals surface area contributed by atoms with Crippen LogP contribution in [-0.2, 0) is 0 Å². The summed E-state index contributed by atoms with van der Waals surface area (Å²) < 4.78 is 0. The first-order valence-corrected chi connectivity index (χ1v) is 6.53. The van der Waals surface area contributed by atoms with Gasteiger partial charge in [-0.1, -0.05) is 48.5 Å². The standard InChI is InChI=1S/C14H30O2/c1-9(2)13(15)12(7)8-14(16,10(3)4)11(5)6/h9-13,15-16H,8H2,1-7H3. The summed E-state index contributed by atoms with van der Waals surface area (Å²) in [5.41, 5.74) is -0.671. The van der Waals surface area contributed by atoms with Crippen LogP contribution < -0.4 is 0 Å². The van der Waals surface area contributed by atoms with Crippen LogP contribution in [0.25, 0.3) is 0 Å². The molecular weight excluding hydrogens is 200 g/mol. The van der Waals surface area contributed by atoms with E-state index in [1.54, 1.807) is 0 Å². The predicted octanol–water partition coefficient (Wildman–Crippen LogP) is 3.07. The van der Waals surface area contributed by atoms with Gasteiger partial charge in [0.1, 0.15) is 0 Å². The molecule has 98 valence electrons. The summed E-state index contributed by atoms with van der Waals surface area (Å²) in [6.07, 6.45) is 0.339. The minimum atomic E-state index is -0.671. The average Bonchev–Trinajstić information content (AvgIpc) is 2.15. The van der Waals surface area contributed by atoms with E-state index >= 15 is 0 Å². The molecule has 2 unspecified atom stereocenters. The summed E-state index contributed by atoms with van der Waals surface area (Å²) in [6, 6.07) is 0. The maximum Gasteiger partial charge on any atom is 0.0696 e. The summed E-state index contributed by atoms with van der Waals surface area (Å²) in [4.78, 5) is 0. The van der Waals surface area contributed by atoms with Gasteiger partial charge in [-0.2, -0.15) is 0 Å². The molecule has 0 aliphatic heterocycles. The highest BCUT2D eigenvalue weighted by Gasteiger charge is 2.37. The van der Waals surface area contributed by atoms with E-state index in [4.69, 9.17) is 0 Å². The highest BCUT2D eigenvalue weighted by molar-refractivity contribution is 4.88. The van der Waals surface area contributed by atoms with Gasteiger partial charge in [0, 0.05) is 0 Å². The minimum Gasteiger partial charge on any atom is -0.393 e. The molecule has 0 heterocycles. The van der Waals surface area contributed by atoms with Crippen LogP contribution in [0.5, 0.6) is 0 Å². The molecule has 0 aromatic carbocycles. The Hall–Kier alpha value is -0.0800. The summed E-state index contributed by atoms with van der Waals surface area (Å²) in [6.45, 7) is 14.3. The zero-order valence-corrected chi connectivity index (χ0v) is 12.0. The van der Waals surface area contributed by atoms with Crippen LogP contribution in [-0.4, -0.2) is 21.9 Å². The molecule has 2 atom stereocenters. The first-order valence-electron chi connectivity index (χ1n) is 6.53. The first kappa shape index (κ1) is 15.9. The Balaban J connectivity index is 4.65. The fraction of sp³-hybridized carbons (Fsp3) is 1.00. The fourth-order valence-electron chi connectivity index (χ4n) is 2.43. The van der Waals surface area contributed by atoms with Crippen LogP contribution in [0.15, 0.2) is 0 Å². The molecule has 0 rings (SSSR count). The SMILES string of the molecule is CC(C)C(O)C(C)CC(O)(C(C)C)C(C)C. The van der Waals surface area contributed by atoms with Crippen LogP contribution in [0.1, 0.15) is 54.9 Å². The third-order valence-corrected chi connectivity index (χ3v) is 3.91. The predicted molar refractivity (Wildman–Crippen MR) is 69.3 cm³/mol. The molecule has 0 aliphatic rings. The van der Waals surface area contributed by atoms with Gasteiger partial charge < -0.3 is 10.2 Å². The third-order valence-electron chi connectivity index (χ3n) is 3.91. The van der Waals surface area contributed by atoms with E-state index < -0.39 is 5.60 Å². The maximum atomic E-state index is 10.7. The zero-order chi connectivity index (χ0) is 13.1. The molecule has 16 heavy (non-hydrogen) atoms. The molecular formula is C14H30O2. The molecule has 2 N–H and O–H groups in total. The number of aliphatic hydroxyl groups excluding tert-OH is 1. The average molecular weight is 230 g/mol. The zero-order valence-electron chi connectivity index (χ0n) is 12.0. The summed E-state index contributed by atoms with van der Waals surface area (Å²) in [7, 11) is 0. The van der Waals surface area contributed by atoms with Crippen molar-refractivity contribution in [1.82, 2.24) is 0 Å². The van der Waals surface area contributed by atoms with Gasteiger partial charge in [0.25, 0.3) is 0 Å². The molecule has 0 aromatic rings. The van der Waals surface area contributed by atoms with Crippen molar-refractivity contribution in [2.75, 3.05) is 0 Å². The maximum absolute atomic E-state index is 10.7. The van der Waals surface area contributed by atoms with Crippen molar-refractivity contribution in [1.29, 1.82) is 0 Å². The van der Waals surface area contributed by atoms with E-state index in [1.165, 1.54) is 0 Å². The first-order chi connectivity index (χ1) is 7.12. The number of aliphatic hydroxyl groups is 2. The molecule has 0 saturated heterocycles. The van der Waals surface area contributed by atoms with Crippen molar-refractivity contribution in [3.63, 3.8) is 0 Å². The van der Waals surface area contributed by atoms with Crippen LogP contribution in [0.2, 0.25) is 0 Å². The van der Waals surface area contributed by atoms with E-state index in [1.807, 2.05) is 20.8 Å². The van der Waals surface area contributed by atoms with Gasteiger partial charge in [-0.25, -0.2) is 0 Å². The van der Waals surface area contributed by atoms with Crippen LogP contribution in [0.4, 0.5) is 0 Å².